The smallest absolute Gasteiger partial charge is 0.433 e. The number of carbonyl (C=O) groups excluding carboxylic acids is 1. The van der Waals surface area contributed by atoms with Gasteiger partial charge in [-0.2, -0.15) is 13.2 Å². The van der Waals surface area contributed by atoms with Gasteiger partial charge in [-0.3, -0.25) is 4.79 Å². The number of ether oxygens (including phenoxy) is 1. The Balaban J connectivity index is 2.28. The van der Waals surface area contributed by atoms with Crippen molar-refractivity contribution in [1.82, 2.24) is 15.6 Å². The van der Waals surface area contributed by atoms with Crippen LogP contribution in [0.15, 0.2) is 36.4 Å². The fraction of sp³-hybridized carbons (Fsp3) is 0.235. The molecule has 0 aliphatic carbocycles. The van der Waals surface area contributed by atoms with Crippen molar-refractivity contribution in [2.45, 2.75) is 12.7 Å². The van der Waals surface area contributed by atoms with Gasteiger partial charge in [0.05, 0.1) is 0 Å². The Labute approximate surface area is 157 Å². The number of nitrogens with zero attached hydrogens (tertiary/aromatic N) is 1. The molecule has 28 heavy (non-hydrogen) atoms. The average Bonchev–Trinajstić information content (AvgIpc) is 2.63. The number of rotatable bonds is 7. The number of benzene rings is 1. The molecule has 5 N–H and O–H groups in total. The maximum Gasteiger partial charge on any atom is 0.433 e. The summed E-state index contributed by atoms with van der Waals surface area (Å²) in [6, 6.07) is 7.67. The second-order valence-corrected chi connectivity index (χ2v) is 5.53. The van der Waals surface area contributed by atoms with E-state index < -0.39 is 29.8 Å². The van der Waals surface area contributed by atoms with Crippen LogP contribution in [0.25, 0.3) is 0 Å². The molecule has 1 aromatic carbocycles. The molecule has 2 rings (SSSR count). The van der Waals surface area contributed by atoms with Crippen LogP contribution in [0.3, 0.4) is 0 Å². The number of nitrogens with two attached hydrogens (primary N) is 1. The number of pyridine rings is 1. The zero-order chi connectivity index (χ0) is 20.7. The van der Waals surface area contributed by atoms with Crippen LogP contribution in [-0.2, 0) is 12.7 Å². The molecule has 0 aliphatic rings. The third-order valence-corrected chi connectivity index (χ3v) is 3.34. The highest BCUT2D eigenvalue weighted by atomic mass is 19.4. The first kappa shape index (κ1) is 21.0. The molecule has 8 nitrogen and oxygen atoms in total. The summed E-state index contributed by atoms with van der Waals surface area (Å²) >= 11 is 0. The number of hydrogen-bond donors (Lipinski definition) is 4. The number of alkyl halides is 3. The molecule has 0 atom stereocenters. The Kier molecular flexibility index (Phi) is 6.77. The van der Waals surface area contributed by atoms with Crippen LogP contribution in [0, 0.1) is 0 Å². The van der Waals surface area contributed by atoms with Crippen molar-refractivity contribution < 1.29 is 32.6 Å². The normalized spacial score (nSPS) is 11.0. The van der Waals surface area contributed by atoms with Crippen LogP contribution in [0.2, 0.25) is 0 Å². The quantitative estimate of drug-likeness (QED) is 0.567. The predicted octanol–water partition coefficient (Wildman–Crippen LogP) is 2.35. The fourth-order valence-electron chi connectivity index (χ4n) is 2.15. The van der Waals surface area contributed by atoms with Gasteiger partial charge < -0.3 is 26.2 Å². The zero-order valence-electron chi connectivity index (χ0n) is 14.4. The lowest BCUT2D eigenvalue weighted by atomic mass is 10.2. The number of hydrogen-bond acceptors (Lipinski definition) is 5. The summed E-state index contributed by atoms with van der Waals surface area (Å²) in [5.41, 5.74) is 4.32. The van der Waals surface area contributed by atoms with Crippen LogP contribution in [0.4, 0.5) is 18.0 Å². The molecular weight excluding hydrogens is 381 g/mol. The topological polar surface area (TPSA) is 127 Å². The van der Waals surface area contributed by atoms with Crippen molar-refractivity contribution in [3.63, 3.8) is 0 Å². The van der Waals surface area contributed by atoms with Gasteiger partial charge in [-0.15, -0.1) is 0 Å². The van der Waals surface area contributed by atoms with Gasteiger partial charge in [-0.1, -0.05) is 6.07 Å². The highest BCUT2D eigenvalue weighted by molar-refractivity contribution is 5.94. The molecule has 11 heteroatoms. The number of carboxylic acid groups (broad SMARTS) is 1. The van der Waals surface area contributed by atoms with Gasteiger partial charge in [-0.05, 0) is 29.8 Å². The Morgan fingerprint density at radius 2 is 1.93 bits per heavy atom. The van der Waals surface area contributed by atoms with E-state index in [1.807, 2.05) is 5.32 Å². The van der Waals surface area contributed by atoms with Gasteiger partial charge in [0.25, 0.3) is 5.91 Å². The second kappa shape index (κ2) is 9.04. The summed E-state index contributed by atoms with van der Waals surface area (Å²) in [4.78, 5) is 25.9. The molecule has 0 aliphatic heterocycles. The first-order valence-corrected chi connectivity index (χ1v) is 8.00. The summed E-state index contributed by atoms with van der Waals surface area (Å²) in [5.74, 6) is -0.722. The lowest BCUT2D eigenvalue weighted by molar-refractivity contribution is -0.141. The summed E-state index contributed by atoms with van der Waals surface area (Å²) in [6.45, 7) is 0.154. The number of halogens is 3. The largest absolute Gasteiger partial charge is 0.465 e. The summed E-state index contributed by atoms with van der Waals surface area (Å²) in [6.07, 6.45) is -6.13. The molecule has 0 saturated heterocycles. The van der Waals surface area contributed by atoms with Crippen molar-refractivity contribution in [1.29, 1.82) is 0 Å². The van der Waals surface area contributed by atoms with Gasteiger partial charge in [0.15, 0.2) is 0 Å². The Hall–Kier alpha value is -3.34. The fourth-order valence-corrected chi connectivity index (χ4v) is 2.15. The number of aromatic nitrogens is 1. The molecule has 0 fully saturated rings. The van der Waals surface area contributed by atoms with E-state index in [-0.39, 0.29) is 36.5 Å². The van der Waals surface area contributed by atoms with Gasteiger partial charge in [0.1, 0.15) is 11.4 Å². The standard InChI is InChI=1S/C17H17F3N4O4/c18-17(19,20)13-6-10(9-23-16(26)27)7-14(24-13)28-12-3-1-2-11(8-12)15(25)22-5-4-21/h1-3,6-8,23H,4-5,9,21H2,(H,22,25)(H,26,27). The predicted molar refractivity (Wildman–Crippen MR) is 92.0 cm³/mol. The van der Waals surface area contributed by atoms with Crippen LogP contribution in [0.5, 0.6) is 11.6 Å². The summed E-state index contributed by atoms with van der Waals surface area (Å²) in [7, 11) is 0. The summed E-state index contributed by atoms with van der Waals surface area (Å²) < 4.78 is 44.5. The van der Waals surface area contributed by atoms with Gasteiger partial charge >= 0.3 is 12.3 Å². The molecule has 0 saturated carbocycles. The van der Waals surface area contributed by atoms with Crippen LogP contribution >= 0.6 is 0 Å². The van der Waals surface area contributed by atoms with Crippen molar-refractivity contribution >= 4 is 12.0 Å². The molecule has 0 radical (unpaired) electrons. The SMILES string of the molecule is NCCNC(=O)c1cccc(Oc2cc(CNC(=O)O)cc(C(F)(F)F)n2)c1. The van der Waals surface area contributed by atoms with E-state index in [2.05, 4.69) is 10.3 Å². The molecule has 0 spiro atoms. The zero-order valence-corrected chi connectivity index (χ0v) is 14.4. The molecule has 150 valence electrons. The maximum absolute atomic E-state index is 13.1. The number of carbonyl (C=O) groups is 2. The van der Waals surface area contributed by atoms with E-state index in [1.54, 1.807) is 0 Å². The van der Waals surface area contributed by atoms with E-state index in [9.17, 15) is 22.8 Å². The van der Waals surface area contributed by atoms with Gasteiger partial charge in [-0.25, -0.2) is 9.78 Å². The highest BCUT2D eigenvalue weighted by Crippen LogP contribution is 2.31. The van der Waals surface area contributed by atoms with Crippen LogP contribution in [-0.4, -0.2) is 35.2 Å². The third kappa shape index (κ3) is 6.13. The van der Waals surface area contributed by atoms with E-state index in [1.165, 1.54) is 30.3 Å². The monoisotopic (exact) mass is 398 g/mol. The third-order valence-electron chi connectivity index (χ3n) is 3.34. The molecule has 2 aromatic rings. The maximum atomic E-state index is 13.1. The van der Waals surface area contributed by atoms with Gasteiger partial charge in [0, 0.05) is 31.3 Å². The number of nitrogens with one attached hydrogen (secondary N) is 2. The lowest BCUT2D eigenvalue weighted by Crippen LogP contribution is -2.28. The Bertz CT molecular complexity index is 859. The molecule has 1 heterocycles. The van der Waals surface area contributed by atoms with Crippen LogP contribution < -0.4 is 21.1 Å². The van der Waals surface area contributed by atoms with Gasteiger partial charge in [0.2, 0.25) is 5.88 Å². The van der Waals surface area contributed by atoms with Crippen LogP contribution in [0.1, 0.15) is 21.6 Å². The van der Waals surface area contributed by atoms with E-state index in [4.69, 9.17) is 15.6 Å². The highest BCUT2D eigenvalue weighted by Gasteiger charge is 2.33. The molecule has 0 unspecified atom stereocenters. The minimum Gasteiger partial charge on any atom is -0.465 e. The van der Waals surface area contributed by atoms with Crippen molar-refractivity contribution in [3.8, 4) is 11.6 Å². The molecule has 1 aromatic heterocycles. The lowest BCUT2D eigenvalue weighted by Gasteiger charge is -2.12. The Morgan fingerprint density at radius 1 is 1.18 bits per heavy atom. The van der Waals surface area contributed by atoms with Crippen molar-refractivity contribution in [2.75, 3.05) is 13.1 Å². The minimum absolute atomic E-state index is 0.0107. The minimum atomic E-state index is -4.75. The average molecular weight is 398 g/mol. The first-order valence-electron chi connectivity index (χ1n) is 8.00. The summed E-state index contributed by atoms with van der Waals surface area (Å²) in [5, 5.41) is 13.2. The van der Waals surface area contributed by atoms with E-state index in [0.29, 0.717) is 0 Å². The molecule has 0 bridgehead atoms. The first-order chi connectivity index (χ1) is 13.2. The Morgan fingerprint density at radius 3 is 2.57 bits per heavy atom. The molecular formula is C17H17F3N4O4. The van der Waals surface area contributed by atoms with E-state index in [0.717, 1.165) is 6.07 Å². The van der Waals surface area contributed by atoms with Crippen molar-refractivity contribution in [2.24, 2.45) is 5.73 Å². The second-order valence-electron chi connectivity index (χ2n) is 5.53. The molecule has 2 amide bonds. The number of amides is 2. The van der Waals surface area contributed by atoms with Crippen molar-refractivity contribution in [3.05, 3.63) is 53.2 Å². The van der Waals surface area contributed by atoms with E-state index >= 15 is 0 Å².